The first-order chi connectivity index (χ1) is 52.0. The van der Waals surface area contributed by atoms with Crippen molar-refractivity contribution in [2.75, 3.05) is 120 Å². The first-order valence-corrected chi connectivity index (χ1v) is 36.1. The molecule has 6 aliphatic heterocycles. The van der Waals surface area contributed by atoms with Gasteiger partial charge in [0.2, 0.25) is 29.5 Å². The predicted octanol–water partition coefficient (Wildman–Crippen LogP) is 11.6. The number of carbonyl (C=O) groups excluding carboxylic acids is 3. The quantitative estimate of drug-likeness (QED) is 0.0538. The first-order valence-electron chi connectivity index (χ1n) is 36.1. The minimum absolute atomic E-state index is 0.0910. The fourth-order valence-corrected chi connectivity index (χ4v) is 14.9. The van der Waals surface area contributed by atoms with Gasteiger partial charge in [-0.25, -0.2) is 19.9 Å². The number of hydrogen-bond donors (Lipinski definition) is 0. The van der Waals surface area contributed by atoms with Crippen molar-refractivity contribution in [3.8, 4) is 69.3 Å². The van der Waals surface area contributed by atoms with Crippen LogP contribution in [-0.2, 0) is 47.9 Å². The highest BCUT2D eigenvalue weighted by atomic mass is 16.5. The average Bonchev–Trinajstić information content (AvgIpc) is 1.18. The summed E-state index contributed by atoms with van der Waals surface area (Å²) in [6.45, 7) is 16.8. The minimum Gasteiger partial charge on any atom is -0.493 e. The summed E-state index contributed by atoms with van der Waals surface area (Å²) < 4.78 is 68.8. The number of fused-ring (bicyclic) bond motifs is 6. The maximum atomic E-state index is 12.4. The van der Waals surface area contributed by atoms with Crippen molar-refractivity contribution in [3.63, 3.8) is 0 Å². The second kappa shape index (κ2) is 29.7. The molecule has 3 spiro atoms. The maximum absolute atomic E-state index is 12.4. The molecule has 12 heterocycles. The van der Waals surface area contributed by atoms with E-state index in [1.807, 2.05) is 63.2 Å². The largest absolute Gasteiger partial charge is 0.493 e. The van der Waals surface area contributed by atoms with Gasteiger partial charge in [0.25, 0.3) is 0 Å². The monoisotopic (exact) mass is 1450 g/mol. The molecule has 552 valence electrons. The SMILES string of the molecule is COc1cc2c(Oc3cnc4c(c3)C=C(C)C4)ccnc2cc1OCCCC(=O)N1CC2(COC2)C1.COc1cc2c(Oc3cnc4c(c3)C=C(C)C4)ncnc2cc1OCCC(=O)N1CC2(COC2)C1.COc1cc2c(Oc3cnc4c(c3)C=C(C)C4)ncnc2cc1OCCCC(=O)N1CC2(COC2)C1. The number of amides is 3. The Morgan fingerprint density at radius 3 is 1.15 bits per heavy atom. The fourth-order valence-electron chi connectivity index (χ4n) is 14.9. The third kappa shape index (κ3) is 15.0. The van der Waals surface area contributed by atoms with Gasteiger partial charge in [0.1, 0.15) is 35.7 Å². The summed E-state index contributed by atoms with van der Waals surface area (Å²) in [4.78, 5) is 78.5. The molecule has 3 aromatic carbocycles. The Labute approximate surface area is 617 Å². The molecule has 18 rings (SSSR count). The number of pyridine rings is 4. The van der Waals surface area contributed by atoms with Crippen LogP contribution in [0.5, 0.6) is 69.3 Å². The molecule has 3 aliphatic carbocycles. The van der Waals surface area contributed by atoms with E-state index in [-0.39, 0.29) is 40.6 Å². The van der Waals surface area contributed by atoms with E-state index in [2.05, 4.69) is 78.9 Å². The van der Waals surface area contributed by atoms with Crippen molar-refractivity contribution in [1.82, 2.24) is 54.6 Å². The molecule has 0 bridgehead atoms. The van der Waals surface area contributed by atoms with Crippen LogP contribution >= 0.6 is 0 Å². The van der Waals surface area contributed by atoms with Crippen LogP contribution in [0, 0.1) is 16.2 Å². The van der Waals surface area contributed by atoms with Crippen molar-refractivity contribution in [2.45, 2.75) is 72.1 Å². The van der Waals surface area contributed by atoms with Gasteiger partial charge in [-0.1, -0.05) is 34.9 Å². The van der Waals surface area contributed by atoms with E-state index in [0.29, 0.717) is 136 Å². The highest BCUT2D eigenvalue weighted by Gasteiger charge is 2.52. The van der Waals surface area contributed by atoms with Gasteiger partial charge in [-0.15, -0.1) is 0 Å². The van der Waals surface area contributed by atoms with Crippen LogP contribution in [-0.4, -0.2) is 192 Å². The summed E-state index contributed by atoms with van der Waals surface area (Å²) in [5.41, 5.74) is 13.0. The van der Waals surface area contributed by atoms with Crippen molar-refractivity contribution in [1.29, 1.82) is 0 Å². The Balaban J connectivity index is 0.000000123. The smallest absolute Gasteiger partial charge is 0.230 e. The van der Waals surface area contributed by atoms with E-state index in [9.17, 15) is 14.4 Å². The topological polar surface area (TPSA) is 275 Å². The summed E-state index contributed by atoms with van der Waals surface area (Å²) in [6.07, 6.45) is 21.3. The molecule has 0 radical (unpaired) electrons. The number of allylic oxidation sites excluding steroid dienone is 3. The highest BCUT2D eigenvalue weighted by Crippen LogP contribution is 2.44. The standard InChI is InChI=1S/C28H29N3O5.C27H28N4O5.C26H26N4O5/c1-18-8-19-10-20(13-30-22(19)9-18)36-24-5-6-29-23-12-26(25(33-2)11-21(23)24)35-7-3-4-27(32)31-14-28(15-31)16-34-17-28;1-17-6-18-8-19(11-28-21(18)7-17)36-26-20-9-23(33-2)24(10-22(20)29-16-30-26)35-5-3-4-25(32)31-12-27(13-31)14-34-15-27;1-16-5-17-7-18(10-27-20(17)6-16)35-25-19-8-22(32-2)23(9-21(19)28-15-29-25)34-4-3-24(31)30-11-26(12-30)13-33-14-26/h5-6,8,10-13H,3-4,7,9,14-17H2,1-2H3;6,8-11,16H,3-5,7,12-15H2,1-2H3;5,7-10,15H,3-4,6,11-14H2,1-2H3. The van der Waals surface area contributed by atoms with Gasteiger partial charge in [0.15, 0.2) is 34.5 Å². The molecule has 6 aromatic heterocycles. The molecule has 0 N–H and O–H groups in total. The van der Waals surface area contributed by atoms with Gasteiger partial charge < -0.3 is 71.5 Å². The van der Waals surface area contributed by atoms with E-state index in [4.69, 9.17) is 56.8 Å². The van der Waals surface area contributed by atoms with Gasteiger partial charge in [-0.3, -0.25) is 34.3 Å². The van der Waals surface area contributed by atoms with Crippen molar-refractivity contribution >= 4 is 68.7 Å². The van der Waals surface area contributed by atoms with Crippen molar-refractivity contribution in [3.05, 3.63) is 149 Å². The van der Waals surface area contributed by atoms with Crippen LogP contribution in [0.15, 0.2) is 115 Å². The highest BCUT2D eigenvalue weighted by molar-refractivity contribution is 5.90. The number of carbonyl (C=O) groups is 3. The van der Waals surface area contributed by atoms with E-state index in [1.165, 1.54) is 29.4 Å². The summed E-state index contributed by atoms with van der Waals surface area (Å²) in [5.74, 6) is 7.16. The molecule has 26 heteroatoms. The van der Waals surface area contributed by atoms with Gasteiger partial charge in [0.05, 0.1) is 166 Å². The molecule has 6 saturated heterocycles. The van der Waals surface area contributed by atoms with Gasteiger partial charge >= 0.3 is 0 Å². The average molecular weight is 1450 g/mol. The van der Waals surface area contributed by atoms with E-state index >= 15 is 0 Å². The molecule has 0 saturated carbocycles. The van der Waals surface area contributed by atoms with Gasteiger partial charge in [-0.05, 0) is 92.8 Å². The lowest BCUT2D eigenvalue weighted by molar-refractivity contribution is -0.195. The number of likely N-dealkylation sites (tertiary alicyclic amines) is 3. The van der Waals surface area contributed by atoms with E-state index < -0.39 is 0 Å². The lowest BCUT2D eigenvalue weighted by atomic mass is 9.78. The third-order valence-electron chi connectivity index (χ3n) is 20.7. The summed E-state index contributed by atoms with van der Waals surface area (Å²) in [5, 5.41) is 2.21. The number of rotatable bonds is 23. The summed E-state index contributed by atoms with van der Waals surface area (Å²) in [7, 11) is 4.77. The van der Waals surface area contributed by atoms with Crippen LogP contribution < -0.4 is 42.6 Å². The van der Waals surface area contributed by atoms with E-state index in [1.54, 1.807) is 58.2 Å². The summed E-state index contributed by atoms with van der Waals surface area (Å²) >= 11 is 0. The number of ether oxygens (including phenoxy) is 12. The molecule has 107 heavy (non-hydrogen) atoms. The lowest BCUT2D eigenvalue weighted by Crippen LogP contribution is -2.67. The zero-order valence-corrected chi connectivity index (χ0v) is 60.8. The van der Waals surface area contributed by atoms with Crippen LogP contribution in [0.1, 0.15) is 86.6 Å². The molecule has 6 fully saturated rings. The van der Waals surface area contributed by atoms with Crippen LogP contribution in [0.25, 0.3) is 50.9 Å². The van der Waals surface area contributed by atoms with Crippen molar-refractivity contribution < 1.29 is 71.2 Å². The third-order valence-corrected chi connectivity index (χ3v) is 20.7. The number of methoxy groups -OCH3 is 3. The normalized spacial score (nSPS) is 17.3. The Bertz CT molecular complexity index is 4840. The minimum atomic E-state index is 0.0910. The predicted molar refractivity (Wildman–Crippen MR) is 395 cm³/mol. The van der Waals surface area contributed by atoms with Gasteiger partial charge in [0, 0.05) is 101 Å². The number of benzene rings is 3. The Kier molecular flexibility index (Phi) is 19.5. The second-order valence-electron chi connectivity index (χ2n) is 29.4. The molecule has 0 unspecified atom stereocenters. The Morgan fingerprint density at radius 1 is 0.402 bits per heavy atom. The van der Waals surface area contributed by atoms with Crippen LogP contribution in [0.4, 0.5) is 0 Å². The summed E-state index contributed by atoms with van der Waals surface area (Å²) in [6, 6.07) is 18.7. The zero-order chi connectivity index (χ0) is 73.4. The van der Waals surface area contributed by atoms with Crippen molar-refractivity contribution in [2.24, 2.45) is 16.2 Å². The van der Waals surface area contributed by atoms with E-state index in [0.717, 1.165) is 143 Å². The number of aromatic nitrogens is 8. The lowest BCUT2D eigenvalue weighted by Gasteiger charge is -2.55. The second-order valence-corrected chi connectivity index (χ2v) is 29.4. The molecule has 3 amide bonds. The maximum Gasteiger partial charge on any atom is 0.230 e. The molecule has 9 aromatic rings. The molecular weight excluding hydrogens is 1370 g/mol. The van der Waals surface area contributed by atoms with Gasteiger partial charge in [-0.2, -0.15) is 0 Å². The number of hydrogen-bond acceptors (Lipinski definition) is 23. The van der Waals surface area contributed by atoms with Crippen LogP contribution in [0.3, 0.4) is 0 Å². The Hall–Kier alpha value is -11.1. The Morgan fingerprint density at radius 2 is 0.766 bits per heavy atom. The molecule has 9 aliphatic rings. The first kappa shape index (κ1) is 70.2. The molecule has 0 atom stereocenters. The molecular formula is C81H83N11O15. The van der Waals surface area contributed by atoms with Crippen LogP contribution in [0.2, 0.25) is 0 Å². The fraction of sp³-hybridized carbons (Fsp3) is 0.395. The number of nitrogens with zero attached hydrogens (tertiary/aromatic N) is 11. The zero-order valence-electron chi connectivity index (χ0n) is 60.8. The molecule has 26 nitrogen and oxygen atoms in total.